The van der Waals surface area contributed by atoms with Crippen molar-refractivity contribution in [2.45, 2.75) is 44.0 Å². The Labute approximate surface area is 97.5 Å². The Balaban J connectivity index is 2.42. The summed E-state index contributed by atoms with van der Waals surface area (Å²) >= 11 is 0. The summed E-state index contributed by atoms with van der Waals surface area (Å²) in [4.78, 5) is 2.18. The van der Waals surface area contributed by atoms with Crippen LogP contribution in [0, 0.1) is 11.3 Å². The molecule has 0 amide bonds. The first kappa shape index (κ1) is 13.4. The van der Waals surface area contributed by atoms with E-state index in [9.17, 15) is 8.42 Å². The Morgan fingerprint density at radius 2 is 2.06 bits per heavy atom. The normalized spacial score (nSPS) is 20.4. The molecule has 16 heavy (non-hydrogen) atoms. The molecule has 0 aromatic rings. The van der Waals surface area contributed by atoms with Crippen LogP contribution >= 0.6 is 0 Å². The highest BCUT2D eigenvalue weighted by Crippen LogP contribution is 2.26. The van der Waals surface area contributed by atoms with Gasteiger partial charge in [0, 0.05) is 18.6 Å². The second-order valence-corrected chi connectivity index (χ2v) is 6.50. The van der Waals surface area contributed by atoms with Crippen molar-refractivity contribution in [2.24, 2.45) is 0 Å². The molecule has 1 N–H and O–H groups in total. The number of hydrogen-bond donors (Lipinski definition) is 1. The van der Waals surface area contributed by atoms with Crippen molar-refractivity contribution in [1.29, 1.82) is 5.26 Å². The van der Waals surface area contributed by atoms with Crippen LogP contribution < -0.4 is 4.72 Å². The SMILES string of the molecule is CC(CNS(=O)(=O)C(C)C#N)N(C)C1CC1. The molecule has 0 aromatic carbocycles. The minimum atomic E-state index is -3.48. The molecule has 0 heterocycles. The van der Waals surface area contributed by atoms with E-state index < -0.39 is 15.3 Å². The van der Waals surface area contributed by atoms with Gasteiger partial charge in [-0.15, -0.1) is 0 Å². The van der Waals surface area contributed by atoms with Crippen LogP contribution in [0.15, 0.2) is 0 Å². The molecular weight excluding hydrogens is 226 g/mol. The molecule has 1 rings (SSSR count). The van der Waals surface area contributed by atoms with Crippen LogP contribution in [0.2, 0.25) is 0 Å². The minimum absolute atomic E-state index is 0.160. The average Bonchev–Trinajstić information content (AvgIpc) is 3.07. The van der Waals surface area contributed by atoms with Gasteiger partial charge in [0.15, 0.2) is 5.25 Å². The van der Waals surface area contributed by atoms with E-state index in [2.05, 4.69) is 9.62 Å². The second kappa shape index (κ2) is 5.13. The molecule has 1 fully saturated rings. The van der Waals surface area contributed by atoms with Gasteiger partial charge in [-0.25, -0.2) is 13.1 Å². The zero-order valence-electron chi connectivity index (χ0n) is 9.97. The van der Waals surface area contributed by atoms with Crippen LogP contribution in [0.4, 0.5) is 0 Å². The molecule has 0 spiro atoms. The summed E-state index contributed by atoms with van der Waals surface area (Å²) in [5, 5.41) is 7.57. The number of nitrogens with zero attached hydrogens (tertiary/aromatic N) is 2. The van der Waals surface area contributed by atoms with Gasteiger partial charge in [-0.2, -0.15) is 5.26 Å². The molecule has 1 aliphatic carbocycles. The van der Waals surface area contributed by atoms with Gasteiger partial charge >= 0.3 is 0 Å². The third kappa shape index (κ3) is 3.44. The lowest BCUT2D eigenvalue weighted by Crippen LogP contribution is -2.43. The first-order valence-corrected chi connectivity index (χ1v) is 7.03. The maximum absolute atomic E-state index is 11.5. The van der Waals surface area contributed by atoms with Gasteiger partial charge in [0.2, 0.25) is 10.0 Å². The van der Waals surface area contributed by atoms with Crippen molar-refractivity contribution in [3.63, 3.8) is 0 Å². The van der Waals surface area contributed by atoms with Crippen molar-refractivity contribution < 1.29 is 8.42 Å². The van der Waals surface area contributed by atoms with Crippen molar-refractivity contribution in [3.8, 4) is 6.07 Å². The summed E-state index contributed by atoms with van der Waals surface area (Å²) in [5.74, 6) is 0. The molecular formula is C10H19N3O2S. The first-order valence-electron chi connectivity index (χ1n) is 5.48. The van der Waals surface area contributed by atoms with E-state index in [1.165, 1.54) is 19.8 Å². The molecule has 0 radical (unpaired) electrons. The number of hydrogen-bond acceptors (Lipinski definition) is 4. The first-order chi connectivity index (χ1) is 7.38. The highest BCUT2D eigenvalue weighted by molar-refractivity contribution is 7.90. The molecule has 5 nitrogen and oxygen atoms in total. The zero-order chi connectivity index (χ0) is 12.3. The van der Waals surface area contributed by atoms with Crippen molar-refractivity contribution in [1.82, 2.24) is 9.62 Å². The van der Waals surface area contributed by atoms with E-state index in [0.717, 1.165) is 0 Å². The maximum Gasteiger partial charge on any atom is 0.227 e. The fourth-order valence-electron chi connectivity index (χ4n) is 1.42. The molecule has 1 saturated carbocycles. The van der Waals surface area contributed by atoms with E-state index in [1.807, 2.05) is 14.0 Å². The Hall–Kier alpha value is -0.640. The van der Waals surface area contributed by atoms with E-state index in [4.69, 9.17) is 5.26 Å². The number of likely N-dealkylation sites (N-methyl/N-ethyl adjacent to an activating group) is 1. The monoisotopic (exact) mass is 245 g/mol. The zero-order valence-corrected chi connectivity index (χ0v) is 10.8. The van der Waals surface area contributed by atoms with Gasteiger partial charge in [-0.3, -0.25) is 4.90 Å². The fraction of sp³-hybridized carbons (Fsp3) is 0.900. The van der Waals surface area contributed by atoms with E-state index >= 15 is 0 Å². The number of nitriles is 1. The molecule has 0 aliphatic heterocycles. The van der Waals surface area contributed by atoms with Crippen LogP contribution in [0.25, 0.3) is 0 Å². The van der Waals surface area contributed by atoms with Gasteiger partial charge in [-0.1, -0.05) is 0 Å². The van der Waals surface area contributed by atoms with Gasteiger partial charge in [0.05, 0.1) is 6.07 Å². The van der Waals surface area contributed by atoms with E-state index in [0.29, 0.717) is 12.6 Å². The number of rotatable bonds is 6. The molecule has 92 valence electrons. The van der Waals surface area contributed by atoms with Crippen LogP contribution in [0.3, 0.4) is 0 Å². The Kier molecular flexibility index (Phi) is 4.30. The lowest BCUT2D eigenvalue weighted by atomic mass is 10.3. The molecule has 1 aliphatic rings. The van der Waals surface area contributed by atoms with E-state index in [-0.39, 0.29) is 6.04 Å². The number of nitrogens with one attached hydrogen (secondary N) is 1. The third-order valence-electron chi connectivity index (χ3n) is 3.05. The van der Waals surface area contributed by atoms with Gasteiger partial charge < -0.3 is 0 Å². The maximum atomic E-state index is 11.5. The lowest BCUT2D eigenvalue weighted by Gasteiger charge is -2.24. The average molecular weight is 245 g/mol. The van der Waals surface area contributed by atoms with E-state index in [1.54, 1.807) is 6.07 Å². The molecule has 0 saturated heterocycles. The third-order valence-corrected chi connectivity index (χ3v) is 4.65. The largest absolute Gasteiger partial charge is 0.299 e. The van der Waals surface area contributed by atoms with Crippen LogP contribution in [0.5, 0.6) is 0 Å². The lowest BCUT2D eigenvalue weighted by molar-refractivity contribution is 0.248. The summed E-state index contributed by atoms with van der Waals surface area (Å²) in [5.41, 5.74) is 0. The summed E-state index contributed by atoms with van der Waals surface area (Å²) in [6, 6.07) is 2.49. The standard InChI is InChI=1S/C10H19N3O2S/c1-8(13(3)10-4-5-10)7-12-16(14,15)9(2)6-11/h8-10,12H,4-5,7H2,1-3H3. The smallest absolute Gasteiger partial charge is 0.227 e. The van der Waals surface area contributed by atoms with Crippen molar-refractivity contribution in [3.05, 3.63) is 0 Å². The fourth-order valence-corrected chi connectivity index (χ4v) is 2.28. The van der Waals surface area contributed by atoms with Crippen molar-refractivity contribution >= 4 is 10.0 Å². The summed E-state index contributed by atoms with van der Waals surface area (Å²) in [6.45, 7) is 3.73. The Morgan fingerprint density at radius 1 is 1.50 bits per heavy atom. The predicted molar refractivity (Wildman–Crippen MR) is 62.2 cm³/mol. The molecule has 6 heteroatoms. The topological polar surface area (TPSA) is 73.2 Å². The minimum Gasteiger partial charge on any atom is -0.299 e. The highest BCUT2D eigenvalue weighted by atomic mass is 32.2. The van der Waals surface area contributed by atoms with Gasteiger partial charge in [-0.05, 0) is 33.7 Å². The summed E-state index contributed by atoms with van der Waals surface area (Å²) in [7, 11) is -1.48. The Morgan fingerprint density at radius 3 is 2.50 bits per heavy atom. The van der Waals surface area contributed by atoms with Crippen molar-refractivity contribution in [2.75, 3.05) is 13.6 Å². The van der Waals surface area contributed by atoms with Crippen LogP contribution in [-0.4, -0.2) is 44.2 Å². The quantitative estimate of drug-likeness (QED) is 0.730. The van der Waals surface area contributed by atoms with Gasteiger partial charge in [0.1, 0.15) is 0 Å². The van der Waals surface area contributed by atoms with Gasteiger partial charge in [0.25, 0.3) is 0 Å². The molecule has 2 unspecified atom stereocenters. The molecule has 0 bridgehead atoms. The Bertz CT molecular complexity index is 370. The summed E-state index contributed by atoms with van der Waals surface area (Å²) in [6.07, 6.45) is 2.39. The van der Waals surface area contributed by atoms with Crippen LogP contribution in [-0.2, 0) is 10.0 Å². The molecule has 2 atom stereocenters. The second-order valence-electron chi connectivity index (χ2n) is 4.41. The predicted octanol–water partition coefficient (Wildman–Crippen LogP) is 0.301. The highest BCUT2D eigenvalue weighted by Gasteiger charge is 2.30. The van der Waals surface area contributed by atoms with Crippen LogP contribution in [0.1, 0.15) is 26.7 Å². The number of sulfonamides is 1. The molecule has 0 aromatic heterocycles. The summed E-state index contributed by atoms with van der Waals surface area (Å²) < 4.78 is 25.5.